The van der Waals surface area contributed by atoms with E-state index in [4.69, 9.17) is 28.2 Å². The third kappa shape index (κ3) is 4.48. The summed E-state index contributed by atoms with van der Waals surface area (Å²) in [5, 5.41) is 6.40. The van der Waals surface area contributed by atoms with Crippen molar-refractivity contribution in [2.24, 2.45) is 0 Å². The van der Waals surface area contributed by atoms with Crippen LogP contribution < -0.4 is 10.6 Å². The number of benzene rings is 3. The first-order chi connectivity index (χ1) is 14.0. The molecule has 0 aliphatic heterocycles. The lowest BCUT2D eigenvalue weighted by atomic mass is 10.2. The van der Waals surface area contributed by atoms with Gasteiger partial charge in [0.15, 0.2) is 10.7 Å². The summed E-state index contributed by atoms with van der Waals surface area (Å²) in [6.07, 6.45) is 0. The number of anilines is 1. The Morgan fingerprint density at radius 2 is 1.90 bits per heavy atom. The summed E-state index contributed by atoms with van der Waals surface area (Å²) in [6.45, 7) is 0. The van der Waals surface area contributed by atoms with Crippen LogP contribution in [0, 0.1) is 0 Å². The number of hydrogen-bond donors (Lipinski definition) is 2. The summed E-state index contributed by atoms with van der Waals surface area (Å²) in [4.78, 5) is 16.8. The molecule has 0 fully saturated rings. The van der Waals surface area contributed by atoms with E-state index in [1.807, 2.05) is 24.3 Å². The summed E-state index contributed by atoms with van der Waals surface area (Å²) in [7, 11) is 0. The molecule has 0 aliphatic rings. The van der Waals surface area contributed by atoms with Crippen LogP contribution >= 0.6 is 39.7 Å². The van der Waals surface area contributed by atoms with Gasteiger partial charge in [-0.3, -0.25) is 10.1 Å². The minimum absolute atomic E-state index is 0.184. The van der Waals surface area contributed by atoms with Crippen LogP contribution in [0.1, 0.15) is 10.4 Å². The van der Waals surface area contributed by atoms with Crippen molar-refractivity contribution in [3.63, 3.8) is 0 Å². The van der Waals surface area contributed by atoms with Gasteiger partial charge in [-0.2, -0.15) is 0 Å². The fourth-order valence-electron chi connectivity index (χ4n) is 2.72. The van der Waals surface area contributed by atoms with Crippen LogP contribution in [0.15, 0.2) is 75.6 Å². The Labute approximate surface area is 185 Å². The quantitative estimate of drug-likeness (QED) is 0.346. The van der Waals surface area contributed by atoms with Gasteiger partial charge in [0.2, 0.25) is 5.89 Å². The third-order valence-electron chi connectivity index (χ3n) is 4.06. The Kier molecular flexibility index (Phi) is 5.62. The molecule has 4 rings (SSSR count). The van der Waals surface area contributed by atoms with E-state index in [0.717, 1.165) is 10.0 Å². The molecule has 0 radical (unpaired) electrons. The maximum absolute atomic E-state index is 12.3. The van der Waals surface area contributed by atoms with E-state index in [1.54, 1.807) is 42.5 Å². The number of nitrogens with one attached hydrogen (secondary N) is 2. The Morgan fingerprint density at radius 1 is 1.07 bits per heavy atom. The molecule has 29 heavy (non-hydrogen) atoms. The summed E-state index contributed by atoms with van der Waals surface area (Å²) in [5.74, 6) is 0.139. The number of carbonyl (C=O) groups excluding carboxylic acids is 1. The average Bonchev–Trinajstić information content (AvgIpc) is 3.11. The third-order valence-corrected chi connectivity index (χ3v) is 5.09. The SMILES string of the molecule is O=C(NC(=S)Nc1ccc2oc(-c3ccccc3Cl)nc2c1)c1cccc(Br)c1. The van der Waals surface area contributed by atoms with E-state index in [1.165, 1.54) is 0 Å². The normalized spacial score (nSPS) is 10.7. The number of rotatable bonds is 3. The fraction of sp³-hybridized carbons (Fsp3) is 0. The van der Waals surface area contributed by atoms with Crippen molar-refractivity contribution in [2.45, 2.75) is 0 Å². The van der Waals surface area contributed by atoms with Crippen molar-refractivity contribution in [1.82, 2.24) is 10.3 Å². The Bertz CT molecular complexity index is 1240. The highest BCUT2D eigenvalue weighted by atomic mass is 79.9. The Balaban J connectivity index is 1.50. The standard InChI is InChI=1S/C21H13BrClN3O2S/c22-13-5-3-4-12(10-13)19(27)26-21(29)24-14-8-9-18-17(11-14)25-20(28-18)15-6-1-2-7-16(15)23/h1-11H,(H2,24,26,27,29). The summed E-state index contributed by atoms with van der Waals surface area (Å²) >= 11 is 14.8. The zero-order valence-corrected chi connectivity index (χ0v) is 17.9. The van der Waals surface area contributed by atoms with Crippen molar-refractivity contribution in [2.75, 3.05) is 5.32 Å². The molecule has 3 aromatic carbocycles. The molecule has 0 atom stereocenters. The molecular formula is C21H13BrClN3O2S. The van der Waals surface area contributed by atoms with Gasteiger partial charge >= 0.3 is 0 Å². The molecule has 1 amide bonds. The molecule has 0 saturated carbocycles. The maximum Gasteiger partial charge on any atom is 0.257 e. The minimum Gasteiger partial charge on any atom is -0.436 e. The molecule has 0 spiro atoms. The van der Waals surface area contributed by atoms with E-state index < -0.39 is 0 Å². The van der Waals surface area contributed by atoms with Crippen molar-refractivity contribution >= 4 is 67.6 Å². The zero-order chi connectivity index (χ0) is 20.4. The lowest BCUT2D eigenvalue weighted by Gasteiger charge is -2.09. The molecule has 0 bridgehead atoms. The number of carbonyl (C=O) groups is 1. The van der Waals surface area contributed by atoms with Crippen molar-refractivity contribution in [3.8, 4) is 11.5 Å². The first-order valence-electron chi connectivity index (χ1n) is 8.53. The predicted molar refractivity (Wildman–Crippen MR) is 122 cm³/mol. The second-order valence-electron chi connectivity index (χ2n) is 6.10. The number of fused-ring (bicyclic) bond motifs is 1. The highest BCUT2D eigenvalue weighted by molar-refractivity contribution is 9.10. The number of aromatic nitrogens is 1. The van der Waals surface area contributed by atoms with Gasteiger partial charge in [0.25, 0.3) is 5.91 Å². The minimum atomic E-state index is -0.299. The largest absolute Gasteiger partial charge is 0.436 e. The molecule has 5 nitrogen and oxygen atoms in total. The number of oxazole rings is 1. The van der Waals surface area contributed by atoms with Gasteiger partial charge in [0.1, 0.15) is 5.52 Å². The van der Waals surface area contributed by atoms with Crippen LogP contribution in [0.2, 0.25) is 5.02 Å². The molecule has 144 valence electrons. The number of hydrogen-bond acceptors (Lipinski definition) is 4. The van der Waals surface area contributed by atoms with Gasteiger partial charge < -0.3 is 9.73 Å². The lowest BCUT2D eigenvalue weighted by Crippen LogP contribution is -2.34. The highest BCUT2D eigenvalue weighted by Gasteiger charge is 2.13. The van der Waals surface area contributed by atoms with E-state index in [0.29, 0.717) is 33.3 Å². The Morgan fingerprint density at radius 3 is 2.69 bits per heavy atom. The summed E-state index contributed by atoms with van der Waals surface area (Å²) in [6, 6.07) is 19.8. The number of amides is 1. The van der Waals surface area contributed by atoms with Crippen LogP contribution in [0.3, 0.4) is 0 Å². The fourth-order valence-corrected chi connectivity index (χ4v) is 3.55. The van der Waals surface area contributed by atoms with Gasteiger partial charge in [0, 0.05) is 15.7 Å². The topological polar surface area (TPSA) is 67.2 Å². The van der Waals surface area contributed by atoms with Crippen LogP contribution in [0.5, 0.6) is 0 Å². The van der Waals surface area contributed by atoms with Gasteiger partial charge in [-0.25, -0.2) is 4.98 Å². The molecule has 0 unspecified atom stereocenters. The zero-order valence-electron chi connectivity index (χ0n) is 14.8. The van der Waals surface area contributed by atoms with Crippen LogP contribution in [-0.4, -0.2) is 16.0 Å². The number of nitrogens with zero attached hydrogens (tertiary/aromatic N) is 1. The summed E-state index contributed by atoms with van der Waals surface area (Å²) < 4.78 is 6.61. The van der Waals surface area contributed by atoms with Crippen LogP contribution in [0.4, 0.5) is 5.69 Å². The first-order valence-corrected chi connectivity index (χ1v) is 10.1. The van der Waals surface area contributed by atoms with Gasteiger partial charge in [-0.05, 0) is 60.7 Å². The van der Waals surface area contributed by atoms with Crippen LogP contribution in [0.25, 0.3) is 22.6 Å². The molecule has 0 saturated heterocycles. The monoisotopic (exact) mass is 485 g/mol. The number of halogens is 2. The van der Waals surface area contributed by atoms with Gasteiger partial charge in [-0.15, -0.1) is 0 Å². The van der Waals surface area contributed by atoms with E-state index in [9.17, 15) is 4.79 Å². The second-order valence-corrected chi connectivity index (χ2v) is 7.83. The molecule has 1 heterocycles. The lowest BCUT2D eigenvalue weighted by molar-refractivity contribution is 0.0977. The maximum atomic E-state index is 12.3. The van der Waals surface area contributed by atoms with Gasteiger partial charge in [-0.1, -0.05) is 45.7 Å². The first kappa shape index (κ1) is 19.6. The highest BCUT2D eigenvalue weighted by Crippen LogP contribution is 2.30. The molecule has 4 aromatic rings. The van der Waals surface area contributed by atoms with Gasteiger partial charge in [0.05, 0.1) is 10.6 Å². The average molecular weight is 487 g/mol. The smallest absolute Gasteiger partial charge is 0.257 e. The molecule has 2 N–H and O–H groups in total. The molecule has 1 aromatic heterocycles. The second kappa shape index (κ2) is 8.32. The Hall–Kier alpha value is -2.74. The van der Waals surface area contributed by atoms with Crippen molar-refractivity contribution < 1.29 is 9.21 Å². The van der Waals surface area contributed by atoms with Crippen LogP contribution in [-0.2, 0) is 0 Å². The van der Waals surface area contributed by atoms with E-state index >= 15 is 0 Å². The van der Waals surface area contributed by atoms with Crippen molar-refractivity contribution in [3.05, 3.63) is 81.8 Å². The summed E-state index contributed by atoms with van der Waals surface area (Å²) in [5.41, 5.74) is 3.16. The van der Waals surface area contributed by atoms with Crippen molar-refractivity contribution in [1.29, 1.82) is 0 Å². The molecule has 0 aliphatic carbocycles. The molecular weight excluding hydrogens is 474 g/mol. The van der Waals surface area contributed by atoms with E-state index in [2.05, 4.69) is 31.5 Å². The number of thiocarbonyl (C=S) groups is 1. The van der Waals surface area contributed by atoms with E-state index in [-0.39, 0.29) is 11.0 Å². The predicted octanol–water partition coefficient (Wildman–Crippen LogP) is 6.04. The molecule has 8 heteroatoms.